The maximum Gasteiger partial charge on any atom is 0.319 e. The molecule has 25 heavy (non-hydrogen) atoms. The summed E-state index contributed by atoms with van der Waals surface area (Å²) in [6.07, 6.45) is 1.75. The fourth-order valence-corrected chi connectivity index (χ4v) is 2.92. The van der Waals surface area contributed by atoms with E-state index in [1.807, 2.05) is 36.9 Å². The normalized spacial score (nSPS) is 14.6. The summed E-state index contributed by atoms with van der Waals surface area (Å²) in [6.45, 7) is 6.96. The highest BCUT2D eigenvalue weighted by atomic mass is 16.2. The molecule has 3 heterocycles. The van der Waals surface area contributed by atoms with Crippen molar-refractivity contribution in [3.05, 3.63) is 35.7 Å². The van der Waals surface area contributed by atoms with E-state index in [2.05, 4.69) is 14.9 Å². The first-order chi connectivity index (χ1) is 12.0. The number of carbonyl (C=O) groups is 1. The molecule has 0 radical (unpaired) electrons. The number of pyridine rings is 1. The largest absolute Gasteiger partial charge is 0.353 e. The second-order valence-electron chi connectivity index (χ2n) is 6.45. The van der Waals surface area contributed by atoms with Crippen molar-refractivity contribution in [1.82, 2.24) is 24.8 Å². The van der Waals surface area contributed by atoms with Crippen molar-refractivity contribution >= 4 is 11.8 Å². The molecule has 1 saturated heterocycles. The lowest BCUT2D eigenvalue weighted by Gasteiger charge is -2.37. The zero-order chi connectivity index (χ0) is 18.0. The molecule has 7 nitrogen and oxygen atoms in total. The molecule has 1 aliphatic heterocycles. The number of nitrogens with zero attached hydrogens (tertiary/aromatic N) is 6. The van der Waals surface area contributed by atoms with Gasteiger partial charge < -0.3 is 14.7 Å². The molecule has 1 aliphatic rings. The molecule has 0 aromatic carbocycles. The monoisotopic (exact) mass is 340 g/mol. The molecule has 0 N–H and O–H groups in total. The molecule has 0 bridgehead atoms. The fourth-order valence-electron chi connectivity index (χ4n) is 2.92. The van der Waals surface area contributed by atoms with E-state index in [-0.39, 0.29) is 6.03 Å². The Morgan fingerprint density at radius 3 is 2.40 bits per heavy atom. The molecule has 2 aromatic heterocycles. The number of hydrogen-bond donors (Lipinski definition) is 0. The van der Waals surface area contributed by atoms with Crippen LogP contribution in [0.25, 0.3) is 11.5 Å². The van der Waals surface area contributed by atoms with Gasteiger partial charge in [0.2, 0.25) is 0 Å². The van der Waals surface area contributed by atoms with Gasteiger partial charge in [-0.05, 0) is 26.0 Å². The van der Waals surface area contributed by atoms with Crippen molar-refractivity contribution in [2.45, 2.75) is 13.8 Å². The van der Waals surface area contributed by atoms with E-state index < -0.39 is 0 Å². The maximum atomic E-state index is 12.1. The second kappa shape index (κ2) is 7.04. The Morgan fingerprint density at radius 1 is 1.08 bits per heavy atom. The van der Waals surface area contributed by atoms with Crippen LogP contribution in [0.15, 0.2) is 24.4 Å². The Balaban J connectivity index is 1.83. The number of anilines is 1. The first-order valence-electron chi connectivity index (χ1n) is 8.45. The summed E-state index contributed by atoms with van der Waals surface area (Å²) >= 11 is 0. The van der Waals surface area contributed by atoms with Crippen molar-refractivity contribution in [2.75, 3.05) is 45.2 Å². The van der Waals surface area contributed by atoms with Crippen LogP contribution in [0.3, 0.4) is 0 Å². The van der Waals surface area contributed by atoms with E-state index in [1.165, 1.54) is 0 Å². The van der Waals surface area contributed by atoms with Gasteiger partial charge in [0.1, 0.15) is 11.5 Å². The minimum atomic E-state index is 0.0596. The quantitative estimate of drug-likeness (QED) is 0.836. The van der Waals surface area contributed by atoms with Gasteiger partial charge in [0.15, 0.2) is 5.82 Å². The Bertz CT molecular complexity index is 754. The summed E-state index contributed by atoms with van der Waals surface area (Å²) in [5.41, 5.74) is 2.80. The minimum absolute atomic E-state index is 0.0596. The van der Waals surface area contributed by atoms with Gasteiger partial charge in [0.25, 0.3) is 0 Å². The smallest absolute Gasteiger partial charge is 0.319 e. The molecule has 0 atom stereocenters. The van der Waals surface area contributed by atoms with Gasteiger partial charge in [0, 0.05) is 57.7 Å². The van der Waals surface area contributed by atoms with E-state index >= 15 is 0 Å². The van der Waals surface area contributed by atoms with E-state index in [9.17, 15) is 4.79 Å². The lowest BCUT2D eigenvalue weighted by Crippen LogP contribution is -2.51. The maximum absolute atomic E-state index is 12.1. The number of rotatable bonds is 2. The SMILES string of the molecule is Cc1nc(-c2ccccn2)nc(N2CCN(C(=O)N(C)C)CC2)c1C. The van der Waals surface area contributed by atoms with Crippen molar-refractivity contribution < 1.29 is 4.79 Å². The highest BCUT2D eigenvalue weighted by Crippen LogP contribution is 2.24. The Morgan fingerprint density at radius 2 is 1.80 bits per heavy atom. The number of urea groups is 1. The van der Waals surface area contributed by atoms with E-state index in [0.717, 1.165) is 35.9 Å². The number of amides is 2. The van der Waals surface area contributed by atoms with Gasteiger partial charge in [-0.15, -0.1) is 0 Å². The van der Waals surface area contributed by atoms with Gasteiger partial charge in [-0.1, -0.05) is 6.07 Å². The van der Waals surface area contributed by atoms with Gasteiger partial charge in [-0.3, -0.25) is 4.98 Å². The summed E-state index contributed by atoms with van der Waals surface area (Å²) in [6, 6.07) is 5.80. The predicted molar refractivity (Wildman–Crippen MR) is 97.6 cm³/mol. The summed E-state index contributed by atoms with van der Waals surface area (Å²) < 4.78 is 0. The van der Waals surface area contributed by atoms with Crippen LogP contribution >= 0.6 is 0 Å². The van der Waals surface area contributed by atoms with E-state index in [4.69, 9.17) is 4.98 Å². The van der Waals surface area contributed by atoms with E-state index in [1.54, 1.807) is 25.2 Å². The van der Waals surface area contributed by atoms with Crippen LogP contribution in [0.2, 0.25) is 0 Å². The standard InChI is InChI=1S/C18H24N6O/c1-13-14(2)20-16(15-7-5-6-8-19-15)21-17(13)23-9-11-24(12-10-23)18(25)22(3)4/h5-8H,9-12H2,1-4H3. The first-order valence-corrected chi connectivity index (χ1v) is 8.45. The molecule has 2 amide bonds. The fraction of sp³-hybridized carbons (Fsp3) is 0.444. The summed E-state index contributed by atoms with van der Waals surface area (Å²) in [5, 5.41) is 0. The molecular formula is C18H24N6O. The van der Waals surface area contributed by atoms with Crippen molar-refractivity contribution in [2.24, 2.45) is 0 Å². The average Bonchev–Trinajstić information content (AvgIpc) is 2.64. The molecule has 2 aromatic rings. The van der Waals surface area contributed by atoms with Crippen molar-refractivity contribution in [3.8, 4) is 11.5 Å². The summed E-state index contributed by atoms with van der Waals surface area (Å²) in [7, 11) is 3.57. The van der Waals surface area contributed by atoms with Crippen LogP contribution in [-0.4, -0.2) is 71.1 Å². The van der Waals surface area contributed by atoms with Gasteiger partial charge in [-0.2, -0.15) is 0 Å². The highest BCUT2D eigenvalue weighted by molar-refractivity contribution is 5.74. The number of hydrogen-bond acceptors (Lipinski definition) is 5. The third-order valence-electron chi connectivity index (χ3n) is 4.49. The van der Waals surface area contributed by atoms with Crippen LogP contribution in [0, 0.1) is 13.8 Å². The summed E-state index contributed by atoms with van der Waals surface area (Å²) in [5.74, 6) is 1.58. The molecule has 0 unspecified atom stereocenters. The molecule has 0 spiro atoms. The Labute approximate surface area is 148 Å². The number of carbonyl (C=O) groups excluding carboxylic acids is 1. The van der Waals surface area contributed by atoms with E-state index in [0.29, 0.717) is 18.9 Å². The number of aromatic nitrogens is 3. The lowest BCUT2D eigenvalue weighted by atomic mass is 10.2. The van der Waals surface area contributed by atoms with Crippen LogP contribution in [0.4, 0.5) is 10.6 Å². The lowest BCUT2D eigenvalue weighted by molar-refractivity contribution is 0.168. The topological polar surface area (TPSA) is 65.5 Å². The van der Waals surface area contributed by atoms with Crippen molar-refractivity contribution in [3.63, 3.8) is 0 Å². The zero-order valence-corrected chi connectivity index (χ0v) is 15.2. The van der Waals surface area contributed by atoms with Gasteiger partial charge >= 0.3 is 6.03 Å². The molecule has 132 valence electrons. The predicted octanol–water partition coefficient (Wildman–Crippen LogP) is 1.96. The third kappa shape index (κ3) is 3.55. The minimum Gasteiger partial charge on any atom is -0.353 e. The second-order valence-corrected chi connectivity index (χ2v) is 6.45. The zero-order valence-electron chi connectivity index (χ0n) is 15.2. The summed E-state index contributed by atoms with van der Waals surface area (Å²) in [4.78, 5) is 31.5. The molecule has 3 rings (SSSR count). The van der Waals surface area contributed by atoms with Gasteiger partial charge in [-0.25, -0.2) is 14.8 Å². The number of aryl methyl sites for hydroxylation is 1. The Hall–Kier alpha value is -2.70. The highest BCUT2D eigenvalue weighted by Gasteiger charge is 2.24. The van der Waals surface area contributed by atoms with Gasteiger partial charge in [0.05, 0.1) is 0 Å². The van der Waals surface area contributed by atoms with Crippen LogP contribution < -0.4 is 4.90 Å². The molecule has 0 saturated carbocycles. The Kier molecular flexibility index (Phi) is 4.83. The van der Waals surface area contributed by atoms with Crippen molar-refractivity contribution in [1.29, 1.82) is 0 Å². The average molecular weight is 340 g/mol. The molecule has 0 aliphatic carbocycles. The number of piperazine rings is 1. The van der Waals surface area contributed by atoms with Crippen LogP contribution in [-0.2, 0) is 0 Å². The molecule has 1 fully saturated rings. The third-order valence-corrected chi connectivity index (χ3v) is 4.49. The molecular weight excluding hydrogens is 316 g/mol. The van der Waals surface area contributed by atoms with Crippen LogP contribution in [0.1, 0.15) is 11.3 Å². The first kappa shape index (κ1) is 17.1. The molecule has 7 heteroatoms. The van der Waals surface area contributed by atoms with Crippen LogP contribution in [0.5, 0.6) is 0 Å².